The molecule has 116 valence electrons. The number of nitrogens with zero attached hydrogens (tertiary/aromatic N) is 5. The fourth-order valence-electron chi connectivity index (χ4n) is 0.846. The summed E-state index contributed by atoms with van der Waals surface area (Å²) in [6.45, 7) is 0. The first-order valence-electron chi connectivity index (χ1n) is 4.05. The average Bonchev–Trinajstić information content (AvgIpc) is 1.89. The van der Waals surface area contributed by atoms with Gasteiger partial charge in [0.2, 0.25) is 0 Å². The van der Waals surface area contributed by atoms with Gasteiger partial charge in [0.25, 0.3) is 0 Å². The van der Waals surface area contributed by atoms with Gasteiger partial charge in [-0.05, 0) is 0 Å². The van der Waals surface area contributed by atoms with Crippen LogP contribution in [-0.2, 0) is 0 Å². The Bertz CT molecular complexity index is 547. The molecule has 0 radical (unpaired) electrons. The zero-order valence-electron chi connectivity index (χ0n) is 9.05. The van der Waals surface area contributed by atoms with E-state index in [4.69, 9.17) is 0 Å². The van der Waals surface area contributed by atoms with Gasteiger partial charge in [-0.2, -0.15) is 0 Å². The summed E-state index contributed by atoms with van der Waals surface area (Å²) in [5, 5.41) is 0. The number of hydrogen-bond donors (Lipinski definition) is 0. The van der Waals surface area contributed by atoms with E-state index in [-0.39, 0.29) is 4.67 Å². The van der Waals surface area contributed by atoms with Crippen molar-refractivity contribution in [2.24, 2.45) is 13.5 Å². The van der Waals surface area contributed by atoms with Crippen LogP contribution in [0, 0.1) is 0 Å². The van der Waals surface area contributed by atoms with Crippen molar-refractivity contribution in [3.05, 3.63) is 4.86 Å². The molecule has 19 heavy (non-hydrogen) atoms. The van der Waals surface area contributed by atoms with Crippen LogP contribution in [0.4, 0.5) is 33.6 Å². The summed E-state index contributed by atoms with van der Waals surface area (Å²) >= 11 is 0. The van der Waals surface area contributed by atoms with E-state index in [0.717, 1.165) is 23.5 Å². The maximum atomic E-state index is 13.8. The van der Waals surface area contributed by atoms with Crippen LogP contribution in [0.1, 0.15) is 0 Å². The van der Waals surface area contributed by atoms with Crippen LogP contribution >= 0.6 is 31.2 Å². The molecule has 1 unspecified atom stereocenters. The molecule has 0 aromatic carbocycles. The van der Waals surface area contributed by atoms with E-state index in [1.807, 2.05) is 9.03 Å². The van der Waals surface area contributed by atoms with Gasteiger partial charge in [0, 0.05) is 0 Å². The van der Waals surface area contributed by atoms with Crippen LogP contribution in [0.25, 0.3) is 4.86 Å². The predicted octanol–water partition coefficient (Wildman–Crippen LogP) is 7.66. The van der Waals surface area contributed by atoms with Crippen molar-refractivity contribution < 1.29 is 33.6 Å². The van der Waals surface area contributed by atoms with Gasteiger partial charge in [-0.15, -0.1) is 0 Å². The molecule has 0 aliphatic carbocycles. The average molecular weight is 376 g/mol. The van der Waals surface area contributed by atoms with Gasteiger partial charge in [0.15, 0.2) is 0 Å². The van der Waals surface area contributed by atoms with Crippen molar-refractivity contribution in [1.82, 2.24) is 4.67 Å². The minimum atomic E-state index is -8.52. The van der Waals surface area contributed by atoms with E-state index in [2.05, 4.69) is 0 Å². The van der Waals surface area contributed by atoms with Gasteiger partial charge in [-0.1, -0.05) is 0 Å². The standard InChI is InChI=1S/C2H6F8N5P4/c1-15(2)18(7)11-16(3,4)13-19(8,9,10)14-17(5,6)12-18/h1-2H3/q-1. The first-order chi connectivity index (χ1) is 8.04. The Labute approximate surface area is 103 Å². The van der Waals surface area contributed by atoms with Crippen molar-refractivity contribution in [2.75, 3.05) is 14.1 Å². The van der Waals surface area contributed by atoms with Crippen molar-refractivity contribution in [3.63, 3.8) is 0 Å². The van der Waals surface area contributed by atoms with Crippen LogP contribution in [0.3, 0.4) is 0 Å². The zero-order valence-corrected chi connectivity index (χ0v) is 12.6. The van der Waals surface area contributed by atoms with Crippen molar-refractivity contribution >= 4 is 31.2 Å². The predicted molar refractivity (Wildman–Crippen MR) is 60.9 cm³/mol. The summed E-state index contributed by atoms with van der Waals surface area (Å²) < 4.78 is 109. The Hall–Kier alpha value is 0.480. The molecule has 0 fully saturated rings. The van der Waals surface area contributed by atoms with Crippen molar-refractivity contribution in [1.29, 1.82) is 0 Å². The second-order valence-electron chi connectivity index (χ2n) is 3.35. The van der Waals surface area contributed by atoms with E-state index >= 15 is 0 Å². The van der Waals surface area contributed by atoms with Crippen LogP contribution in [0.15, 0.2) is 13.5 Å². The molecule has 5 nitrogen and oxygen atoms in total. The molecule has 1 aliphatic heterocycles. The van der Waals surface area contributed by atoms with E-state index in [0.29, 0.717) is 0 Å². The molecule has 1 heterocycles. The summed E-state index contributed by atoms with van der Waals surface area (Å²) in [4.78, 5) is 1.13. The number of halogens is 8. The van der Waals surface area contributed by atoms with Crippen molar-refractivity contribution in [2.45, 2.75) is 0 Å². The van der Waals surface area contributed by atoms with E-state index in [9.17, 15) is 33.6 Å². The third kappa shape index (κ3) is 4.76. The Kier molecular flexibility index (Phi) is 4.14. The van der Waals surface area contributed by atoms with Crippen LogP contribution < -0.4 is 0 Å². The summed E-state index contributed by atoms with van der Waals surface area (Å²) in [5.74, 6) is 0. The molecule has 0 bridgehead atoms. The Morgan fingerprint density at radius 3 is 1.84 bits per heavy atom. The first-order valence-corrected chi connectivity index (χ1v) is 10.4. The van der Waals surface area contributed by atoms with E-state index in [1.165, 1.54) is 0 Å². The Balaban J connectivity index is 3.76. The Morgan fingerprint density at radius 1 is 0.947 bits per heavy atom. The van der Waals surface area contributed by atoms with Crippen LogP contribution in [-0.4, -0.2) is 18.8 Å². The first kappa shape index (κ1) is 17.5. The molecule has 0 saturated carbocycles. The van der Waals surface area contributed by atoms with Crippen LogP contribution in [0.5, 0.6) is 0 Å². The monoisotopic (exact) mass is 376 g/mol. The molecule has 0 aromatic heterocycles. The Morgan fingerprint density at radius 2 is 1.42 bits per heavy atom. The molecule has 0 aromatic rings. The normalized spacial score (nSPS) is 37.5. The SMILES string of the molecule is CN(C)P1(F)=NP(F)(F)=NP(F)(F)(F)[N-]P(F)(F)=N1. The summed E-state index contributed by atoms with van der Waals surface area (Å²) in [6, 6.07) is 0. The second kappa shape index (κ2) is 4.49. The fourth-order valence-corrected chi connectivity index (χ4v) is 8.90. The molecule has 17 heteroatoms. The molecular weight excluding hydrogens is 370 g/mol. The molecule has 0 N–H and O–H groups in total. The van der Waals surface area contributed by atoms with Gasteiger partial charge in [-0.25, -0.2) is 0 Å². The molecule has 1 atom stereocenters. The molecular formula is C2H6F8N5P4-. The maximum absolute atomic E-state index is 13.8. The van der Waals surface area contributed by atoms with Gasteiger partial charge >= 0.3 is 102 Å². The van der Waals surface area contributed by atoms with Gasteiger partial charge in [-0.3, -0.25) is 0 Å². The zero-order chi connectivity index (χ0) is 15.4. The van der Waals surface area contributed by atoms with Crippen LogP contribution in [0.2, 0.25) is 0 Å². The molecule has 1 rings (SSSR count). The summed E-state index contributed by atoms with van der Waals surface area (Å²) in [6.07, 6.45) is 0. The molecule has 1 aliphatic rings. The van der Waals surface area contributed by atoms with Crippen molar-refractivity contribution in [3.8, 4) is 0 Å². The quantitative estimate of drug-likeness (QED) is 0.342. The topological polar surface area (TPSA) is 54.4 Å². The summed E-state index contributed by atoms with van der Waals surface area (Å²) in [7, 11) is -25.4. The second-order valence-corrected chi connectivity index (χ2v) is 11.3. The molecule has 0 amide bonds. The molecule has 0 spiro atoms. The number of hydrogen-bond acceptors (Lipinski definition) is 4. The fraction of sp³-hybridized carbons (Fsp3) is 1.00. The van der Waals surface area contributed by atoms with E-state index in [1.54, 1.807) is 0 Å². The molecule has 0 saturated heterocycles. The van der Waals surface area contributed by atoms with Gasteiger partial charge < -0.3 is 0 Å². The third-order valence-electron chi connectivity index (χ3n) is 1.45. The van der Waals surface area contributed by atoms with Gasteiger partial charge in [0.1, 0.15) is 0 Å². The van der Waals surface area contributed by atoms with Gasteiger partial charge in [0.05, 0.1) is 0 Å². The summed E-state index contributed by atoms with van der Waals surface area (Å²) in [5.41, 5.74) is 0. The number of rotatable bonds is 1. The van der Waals surface area contributed by atoms with E-state index < -0.39 is 31.2 Å². The minimum absolute atomic E-state index is 0.189. The third-order valence-corrected chi connectivity index (χ3v) is 9.99.